The minimum atomic E-state index is 0.206. The summed E-state index contributed by atoms with van der Waals surface area (Å²) in [6.07, 6.45) is 1.24. The van der Waals surface area contributed by atoms with Gasteiger partial charge in [-0.2, -0.15) is 0 Å². The van der Waals surface area contributed by atoms with Crippen LogP contribution in [0.4, 0.5) is 5.69 Å². The molecule has 2 rings (SSSR count). The lowest BCUT2D eigenvalue weighted by Crippen LogP contribution is -2.44. The molecule has 1 heteroatoms. The van der Waals surface area contributed by atoms with Crippen LogP contribution in [0, 0.1) is 5.41 Å². The van der Waals surface area contributed by atoms with E-state index in [0.29, 0.717) is 23.3 Å². The lowest BCUT2D eigenvalue weighted by molar-refractivity contribution is 0.329. The van der Waals surface area contributed by atoms with E-state index >= 15 is 0 Å². The molecule has 0 spiro atoms. The molecule has 1 heterocycles. The van der Waals surface area contributed by atoms with E-state index in [-0.39, 0.29) is 5.54 Å². The number of para-hydroxylation sites is 1. The van der Waals surface area contributed by atoms with Crippen LogP contribution in [-0.2, 0) is 0 Å². The molecule has 0 aliphatic carbocycles. The fraction of sp³-hybridized carbons (Fsp3) is 0.714. The number of anilines is 1. The molecule has 1 aromatic carbocycles. The van der Waals surface area contributed by atoms with E-state index in [1.165, 1.54) is 23.2 Å². The second kappa shape index (κ2) is 5.58. The van der Waals surface area contributed by atoms with Crippen LogP contribution in [0.2, 0.25) is 0 Å². The Morgan fingerprint density at radius 2 is 1.41 bits per heavy atom. The van der Waals surface area contributed by atoms with Gasteiger partial charge < -0.3 is 4.90 Å². The van der Waals surface area contributed by atoms with E-state index in [0.717, 1.165) is 0 Å². The summed E-state index contributed by atoms with van der Waals surface area (Å²) in [6, 6.07) is 7.47. The first kappa shape index (κ1) is 17.4. The van der Waals surface area contributed by atoms with Gasteiger partial charge in [0.2, 0.25) is 0 Å². The third kappa shape index (κ3) is 2.79. The summed E-state index contributed by atoms with van der Waals surface area (Å²) in [7, 11) is 0. The molecule has 1 fully saturated rings. The molecule has 0 radical (unpaired) electrons. The van der Waals surface area contributed by atoms with Gasteiger partial charge in [-0.1, -0.05) is 59.7 Å². The highest BCUT2D eigenvalue weighted by Gasteiger charge is 2.49. The van der Waals surface area contributed by atoms with Crippen molar-refractivity contribution in [2.45, 2.75) is 92.2 Å². The van der Waals surface area contributed by atoms with Crippen LogP contribution in [0.15, 0.2) is 18.2 Å². The average molecular weight is 302 g/mol. The second-order valence-corrected chi connectivity index (χ2v) is 9.12. The Labute approximate surface area is 138 Å². The molecule has 0 N–H and O–H groups in total. The Morgan fingerprint density at radius 1 is 0.955 bits per heavy atom. The van der Waals surface area contributed by atoms with Crippen molar-refractivity contribution in [1.29, 1.82) is 0 Å². The van der Waals surface area contributed by atoms with Crippen LogP contribution in [-0.4, -0.2) is 11.6 Å². The van der Waals surface area contributed by atoms with Gasteiger partial charge in [0.25, 0.3) is 0 Å². The van der Waals surface area contributed by atoms with Gasteiger partial charge in [-0.05, 0) is 55.6 Å². The largest absolute Gasteiger partial charge is 0.363 e. The smallest absolute Gasteiger partial charge is 0.0443 e. The first-order valence-electron chi connectivity index (χ1n) is 8.91. The summed E-state index contributed by atoms with van der Waals surface area (Å²) in [5.41, 5.74) is 5.07. The quantitative estimate of drug-likeness (QED) is 0.630. The van der Waals surface area contributed by atoms with Crippen molar-refractivity contribution in [3.8, 4) is 0 Å². The van der Waals surface area contributed by atoms with Crippen molar-refractivity contribution in [3.05, 3.63) is 29.3 Å². The molecule has 124 valence electrons. The van der Waals surface area contributed by atoms with E-state index in [9.17, 15) is 0 Å². The number of benzene rings is 1. The molecule has 1 aromatic rings. The second-order valence-electron chi connectivity index (χ2n) is 9.12. The fourth-order valence-corrected chi connectivity index (χ4v) is 4.51. The highest BCUT2D eigenvalue weighted by Crippen LogP contribution is 2.51. The van der Waals surface area contributed by atoms with Crippen molar-refractivity contribution < 1.29 is 0 Å². The minimum Gasteiger partial charge on any atom is -0.363 e. The van der Waals surface area contributed by atoms with Gasteiger partial charge in [-0.15, -0.1) is 0 Å². The highest BCUT2D eigenvalue weighted by atomic mass is 15.3. The Bertz CT molecular complexity index is 511. The normalized spacial score (nSPS) is 23.6. The lowest BCUT2D eigenvalue weighted by atomic mass is 9.82. The van der Waals surface area contributed by atoms with Crippen molar-refractivity contribution in [2.24, 2.45) is 5.41 Å². The maximum atomic E-state index is 2.73. The molecule has 1 nitrogen and oxygen atoms in total. The number of rotatable bonds is 3. The SMILES string of the molecule is CC(C)c1cccc(C(C)C)c1N1C(C)C(C)(C)CC1(C)C. The van der Waals surface area contributed by atoms with Gasteiger partial charge in [0, 0.05) is 17.3 Å². The molecular formula is C21H35N. The standard InChI is InChI=1S/C21H35N/c1-14(2)17-11-10-12-18(15(3)4)19(17)22-16(5)20(6,7)13-21(22,8)9/h10-12,14-16H,13H2,1-9H3. The van der Waals surface area contributed by atoms with Crippen LogP contribution in [0.5, 0.6) is 0 Å². The molecule has 0 bridgehead atoms. The lowest BCUT2D eigenvalue weighted by Gasteiger charge is -2.41. The fourth-order valence-electron chi connectivity index (χ4n) is 4.51. The monoisotopic (exact) mass is 301 g/mol. The van der Waals surface area contributed by atoms with Crippen molar-refractivity contribution in [1.82, 2.24) is 0 Å². The molecule has 0 aromatic heterocycles. The third-order valence-corrected chi connectivity index (χ3v) is 5.64. The van der Waals surface area contributed by atoms with Crippen LogP contribution in [0.3, 0.4) is 0 Å². The summed E-state index contributed by atoms with van der Waals surface area (Å²) in [5.74, 6) is 1.11. The molecule has 1 atom stereocenters. The zero-order chi connectivity index (χ0) is 16.9. The minimum absolute atomic E-state index is 0.206. The predicted molar refractivity (Wildman–Crippen MR) is 99.0 cm³/mol. The third-order valence-electron chi connectivity index (χ3n) is 5.64. The zero-order valence-electron chi connectivity index (χ0n) is 16.1. The number of nitrogens with zero attached hydrogens (tertiary/aromatic N) is 1. The first-order valence-corrected chi connectivity index (χ1v) is 8.91. The number of hydrogen-bond donors (Lipinski definition) is 0. The maximum absolute atomic E-state index is 2.73. The summed E-state index contributed by atoms with van der Waals surface area (Å²) in [6.45, 7) is 21.4. The summed E-state index contributed by atoms with van der Waals surface area (Å²) < 4.78 is 0. The number of hydrogen-bond acceptors (Lipinski definition) is 1. The average Bonchev–Trinajstić information content (AvgIpc) is 2.52. The maximum Gasteiger partial charge on any atom is 0.0443 e. The summed E-state index contributed by atoms with van der Waals surface area (Å²) >= 11 is 0. The van der Waals surface area contributed by atoms with Crippen molar-refractivity contribution >= 4 is 5.69 Å². The molecule has 0 saturated carbocycles. The Balaban J connectivity index is 2.70. The highest BCUT2D eigenvalue weighted by molar-refractivity contribution is 5.65. The van der Waals surface area contributed by atoms with Gasteiger partial charge in [0.15, 0.2) is 0 Å². The van der Waals surface area contributed by atoms with E-state index in [1.54, 1.807) is 0 Å². The Morgan fingerprint density at radius 3 is 1.73 bits per heavy atom. The van der Waals surface area contributed by atoms with Gasteiger partial charge >= 0.3 is 0 Å². The van der Waals surface area contributed by atoms with Gasteiger partial charge in [0.05, 0.1) is 0 Å². The Kier molecular flexibility index (Phi) is 4.41. The first-order chi connectivity index (χ1) is 9.99. The topological polar surface area (TPSA) is 3.24 Å². The van der Waals surface area contributed by atoms with Crippen LogP contribution < -0.4 is 4.90 Å². The van der Waals surface area contributed by atoms with E-state index in [2.05, 4.69) is 85.4 Å². The molecule has 1 aliphatic rings. The van der Waals surface area contributed by atoms with E-state index in [1.807, 2.05) is 0 Å². The van der Waals surface area contributed by atoms with Gasteiger partial charge in [0.1, 0.15) is 0 Å². The zero-order valence-corrected chi connectivity index (χ0v) is 16.1. The van der Waals surface area contributed by atoms with E-state index in [4.69, 9.17) is 0 Å². The molecular weight excluding hydrogens is 266 g/mol. The van der Waals surface area contributed by atoms with Gasteiger partial charge in [-0.25, -0.2) is 0 Å². The molecule has 1 unspecified atom stereocenters. The molecule has 1 aliphatic heterocycles. The van der Waals surface area contributed by atoms with Crippen LogP contribution in [0.25, 0.3) is 0 Å². The molecule has 22 heavy (non-hydrogen) atoms. The Hall–Kier alpha value is -0.980. The molecule has 1 saturated heterocycles. The van der Waals surface area contributed by atoms with Gasteiger partial charge in [-0.3, -0.25) is 0 Å². The predicted octanol–water partition coefficient (Wildman–Crippen LogP) is 6.34. The van der Waals surface area contributed by atoms with Crippen LogP contribution in [0.1, 0.15) is 91.7 Å². The summed E-state index contributed by atoms with van der Waals surface area (Å²) in [4.78, 5) is 2.73. The van der Waals surface area contributed by atoms with E-state index < -0.39 is 0 Å². The molecule has 0 amide bonds. The summed E-state index contributed by atoms with van der Waals surface area (Å²) in [5, 5.41) is 0. The van der Waals surface area contributed by atoms with Crippen LogP contribution >= 0.6 is 0 Å². The van der Waals surface area contributed by atoms with Crippen molar-refractivity contribution in [2.75, 3.05) is 4.90 Å². The van der Waals surface area contributed by atoms with Crippen molar-refractivity contribution in [3.63, 3.8) is 0 Å².